The van der Waals surface area contributed by atoms with Gasteiger partial charge in [-0.3, -0.25) is 0 Å². The Bertz CT molecular complexity index is 1320. The molecule has 0 rings (SSSR count). The Morgan fingerprint density at radius 3 is 0.481 bits per heavy atom. The third kappa shape index (κ3) is 6.18. The first-order valence-electron chi connectivity index (χ1n) is 10.7. The fourth-order valence-corrected chi connectivity index (χ4v) is 4.23. The molecule has 0 bridgehead atoms. The Balaban J connectivity index is 0. The van der Waals surface area contributed by atoms with E-state index >= 15 is 0 Å². The van der Waals surface area contributed by atoms with Crippen LogP contribution in [0, 0.1) is 0 Å². The van der Waals surface area contributed by atoms with Crippen LogP contribution in [0.1, 0.15) is 0 Å². The summed E-state index contributed by atoms with van der Waals surface area (Å²) in [4.78, 5) is 11.2. The summed E-state index contributed by atoms with van der Waals surface area (Å²) in [5, 5.41) is 0. The number of rotatable bonds is 14. The van der Waals surface area contributed by atoms with E-state index in [4.69, 9.17) is 0 Å². The smallest absolute Gasteiger partial charge is 0.791 e. The summed E-state index contributed by atoms with van der Waals surface area (Å²) in [6.07, 6.45) is -16.8. The van der Waals surface area contributed by atoms with Crippen LogP contribution in [0.15, 0.2) is 0 Å². The second kappa shape index (κ2) is 13.2. The van der Waals surface area contributed by atoms with E-state index in [1.54, 1.807) is 0 Å². The maximum Gasteiger partial charge on any atom is 1.00 e. The van der Waals surface area contributed by atoms with Gasteiger partial charge in [-0.15, -0.1) is 0 Å². The third-order valence-corrected chi connectivity index (χ3v) is 8.19. The summed E-state index contributed by atoms with van der Waals surface area (Å²) in [7, 11) is -11.5. The first-order chi connectivity index (χ1) is 22.0. The molecule has 0 aromatic rings. The number of hydrogen-bond donors (Lipinski definition) is 0. The fourth-order valence-electron chi connectivity index (χ4n) is 2.86. The van der Waals surface area contributed by atoms with Crippen LogP contribution in [0.5, 0.6) is 0 Å². The molecule has 0 spiro atoms. The van der Waals surface area contributed by atoms with E-state index in [1.165, 1.54) is 0 Å². The van der Waals surface area contributed by atoms with Crippen LogP contribution in [0.25, 0.3) is 0 Å². The van der Waals surface area contributed by atoms with Crippen molar-refractivity contribution in [3.05, 3.63) is 0 Å². The van der Waals surface area contributed by atoms with Crippen molar-refractivity contribution in [3.63, 3.8) is 0 Å². The van der Waals surface area contributed by atoms with Gasteiger partial charge in [0.15, 0.2) is 7.37 Å². The van der Waals surface area contributed by atoms with Crippen molar-refractivity contribution >= 4 is 7.37 Å². The Labute approximate surface area is 290 Å². The minimum absolute atomic E-state index is 0. The Hall–Kier alpha value is -1.19. The number of halogens is 34. The molecule has 0 saturated heterocycles. The Kier molecular flexibility index (Phi) is 13.4. The predicted molar refractivity (Wildman–Crippen MR) is 89.0 cm³/mol. The molecule has 320 valence electrons. The van der Waals surface area contributed by atoms with E-state index in [0.717, 1.165) is 0 Å². The molecule has 54 heavy (non-hydrogen) atoms. The quantitative estimate of drug-likeness (QED) is 0.103. The molecule has 0 saturated carbocycles. The van der Waals surface area contributed by atoms with Gasteiger partial charge in [0, 0.05) is 0 Å². The molecule has 0 N–H and O–H groups in total. The van der Waals surface area contributed by atoms with Gasteiger partial charge >= 0.3 is 124 Å². The van der Waals surface area contributed by atoms with Gasteiger partial charge in [-0.1, -0.05) is 0 Å². The van der Waals surface area contributed by atoms with Crippen molar-refractivity contribution in [2.45, 2.75) is 94.8 Å². The molecule has 0 heterocycles. The van der Waals surface area contributed by atoms with Gasteiger partial charge < -0.3 is 9.46 Å². The Morgan fingerprint density at radius 2 is 0.352 bits per heavy atom. The van der Waals surface area contributed by atoms with Crippen LogP contribution in [-0.4, -0.2) is 94.8 Å². The molecule has 0 aliphatic heterocycles. The summed E-state index contributed by atoms with van der Waals surface area (Å²) in [6, 6.07) is 0. The molecule has 0 unspecified atom stereocenters. The normalized spacial score (nSPS) is 17.1. The van der Waals surface area contributed by atoms with Crippen LogP contribution in [-0.2, 0) is 4.57 Å². The monoisotopic (exact) mass is 924 g/mol. The SMILES string of the molecule is O=P([O-])(C(F)(F)C(F)(F)C(F)(F)C(F)(F)C(F)(F)C(F)(F)C(F)(F)C(F)(F)F)C(F)(F)C(F)(F)C(F)(F)C(F)(F)C(F)(F)C(F)(F)C(F)(F)C(F)(F)F.[Na+]. The zero-order valence-corrected chi connectivity index (χ0v) is 26.0. The van der Waals surface area contributed by atoms with Crippen molar-refractivity contribution in [1.82, 2.24) is 0 Å². The van der Waals surface area contributed by atoms with Crippen LogP contribution >= 0.6 is 7.37 Å². The van der Waals surface area contributed by atoms with Gasteiger partial charge in [0.1, 0.15) is 0 Å². The second-order valence-electron chi connectivity index (χ2n) is 9.52. The first kappa shape index (κ1) is 54.9. The molecule has 0 aliphatic carbocycles. The van der Waals surface area contributed by atoms with E-state index < -0.39 is 102 Å². The fraction of sp³-hybridized carbons (Fsp3) is 1.00. The average molecular weight is 924 g/mol. The predicted octanol–water partition coefficient (Wildman–Crippen LogP) is 7.56. The van der Waals surface area contributed by atoms with Crippen molar-refractivity contribution in [1.29, 1.82) is 0 Å². The zero-order valence-electron chi connectivity index (χ0n) is 23.1. The molecule has 0 radical (unpaired) electrons. The summed E-state index contributed by atoms with van der Waals surface area (Å²) < 4.78 is 460. The maximum atomic E-state index is 13.9. The number of hydrogen-bond acceptors (Lipinski definition) is 2. The molecule has 0 fully saturated rings. The first-order valence-corrected chi connectivity index (χ1v) is 12.4. The molecule has 38 heteroatoms. The van der Waals surface area contributed by atoms with Crippen LogP contribution in [0.4, 0.5) is 149 Å². The summed E-state index contributed by atoms with van der Waals surface area (Å²) in [5.41, 5.74) is -20.0. The van der Waals surface area contributed by atoms with E-state index in [2.05, 4.69) is 0 Å². The standard InChI is InChI=1S/C16HF34O2P.Na/c17-1(18,5(25,26)9(33,34)13(41,42)43)3(21,22)7(29,30)11(37,38)15(47,48)53(51,52)16(49,50)12(39,40)8(31,32)4(23,24)2(19,20)6(27,28)10(35,36)14(44,45)46;/h(H,51,52);/q;+1/p-1. The molecule has 0 amide bonds. The van der Waals surface area contributed by atoms with E-state index in [1.807, 2.05) is 0 Å². The van der Waals surface area contributed by atoms with Gasteiger partial charge in [0.25, 0.3) is 0 Å². The average Bonchev–Trinajstić information content (AvgIpc) is 2.89. The topological polar surface area (TPSA) is 40.1 Å². The zero-order chi connectivity index (χ0) is 44.5. The summed E-state index contributed by atoms with van der Waals surface area (Å²) in [5.74, 6) is -116. The Morgan fingerprint density at radius 1 is 0.241 bits per heavy atom. The van der Waals surface area contributed by atoms with Gasteiger partial charge in [-0.05, 0) is 0 Å². The number of alkyl halides is 34. The molecule has 0 aromatic carbocycles. The molecule has 0 atom stereocenters. The summed E-state index contributed by atoms with van der Waals surface area (Å²) >= 11 is 0. The third-order valence-electron chi connectivity index (χ3n) is 6.15. The molecular formula is C16F34NaO2P. The van der Waals surface area contributed by atoms with Crippen LogP contribution in [0.3, 0.4) is 0 Å². The van der Waals surface area contributed by atoms with Crippen molar-refractivity contribution in [2.24, 2.45) is 0 Å². The van der Waals surface area contributed by atoms with Crippen molar-refractivity contribution in [2.75, 3.05) is 0 Å². The van der Waals surface area contributed by atoms with Crippen molar-refractivity contribution < 1.29 is 188 Å². The summed E-state index contributed by atoms with van der Waals surface area (Å²) in [6.45, 7) is 0. The largest absolute Gasteiger partial charge is 1.00 e. The van der Waals surface area contributed by atoms with Gasteiger partial charge in [-0.2, -0.15) is 149 Å². The molecular weight excluding hydrogens is 924 g/mol. The molecule has 2 nitrogen and oxygen atoms in total. The second-order valence-corrected chi connectivity index (χ2v) is 11.7. The van der Waals surface area contributed by atoms with E-state index in [9.17, 15) is 159 Å². The van der Waals surface area contributed by atoms with Crippen molar-refractivity contribution in [3.8, 4) is 0 Å². The van der Waals surface area contributed by atoms with Crippen LogP contribution in [0.2, 0.25) is 0 Å². The molecule has 0 aromatic heterocycles. The van der Waals surface area contributed by atoms with E-state index in [0.29, 0.717) is 0 Å². The van der Waals surface area contributed by atoms with Gasteiger partial charge in [-0.25, -0.2) is 0 Å². The van der Waals surface area contributed by atoms with E-state index in [-0.39, 0.29) is 29.6 Å². The van der Waals surface area contributed by atoms with Gasteiger partial charge in [0.05, 0.1) is 0 Å². The van der Waals surface area contributed by atoms with Crippen LogP contribution < -0.4 is 34.5 Å². The molecule has 0 aliphatic rings. The minimum Gasteiger partial charge on any atom is -0.791 e. The van der Waals surface area contributed by atoms with Gasteiger partial charge in [0.2, 0.25) is 0 Å². The maximum absolute atomic E-state index is 13.9. The minimum atomic E-state index is -11.5.